The molecule has 1 saturated heterocycles. The summed E-state index contributed by atoms with van der Waals surface area (Å²) in [6, 6.07) is 13.5. The predicted octanol–water partition coefficient (Wildman–Crippen LogP) is 3.08. The molecule has 0 aromatic heterocycles. The fourth-order valence-corrected chi connectivity index (χ4v) is 3.15. The molecule has 4 nitrogen and oxygen atoms in total. The van der Waals surface area contributed by atoms with Crippen molar-refractivity contribution in [3.8, 4) is 0 Å². The molecule has 1 N–H and O–H groups in total. The summed E-state index contributed by atoms with van der Waals surface area (Å²) in [6.45, 7) is 4.74. The molecule has 1 fully saturated rings. The number of benzene rings is 2. The van der Waals surface area contributed by atoms with Crippen LogP contribution in [0.15, 0.2) is 48.5 Å². The van der Waals surface area contributed by atoms with Crippen LogP contribution in [0.3, 0.4) is 0 Å². The van der Waals surface area contributed by atoms with Crippen LogP contribution in [-0.4, -0.2) is 42.2 Å². The molecule has 1 aliphatic rings. The molecule has 1 aliphatic heterocycles. The van der Waals surface area contributed by atoms with Crippen LogP contribution in [0.5, 0.6) is 0 Å². The molecule has 2 aromatic rings. The van der Waals surface area contributed by atoms with Gasteiger partial charge < -0.3 is 10.0 Å². The van der Waals surface area contributed by atoms with Crippen LogP contribution in [0, 0.1) is 12.7 Å². The summed E-state index contributed by atoms with van der Waals surface area (Å²) in [7, 11) is 0. The van der Waals surface area contributed by atoms with Gasteiger partial charge in [-0.15, -0.1) is 0 Å². The van der Waals surface area contributed by atoms with E-state index in [0.717, 1.165) is 29.9 Å². The molecule has 0 saturated carbocycles. The number of piperazine rings is 1. The number of carboxylic acid groups (broad SMARTS) is 1. The number of aliphatic carboxylic acids is 1. The first-order valence-corrected chi connectivity index (χ1v) is 8.08. The third kappa shape index (κ3) is 3.57. The number of carbonyl (C=O) groups is 1. The zero-order valence-electron chi connectivity index (χ0n) is 13.7. The molecule has 126 valence electrons. The second-order valence-electron chi connectivity index (χ2n) is 6.15. The highest BCUT2D eigenvalue weighted by Crippen LogP contribution is 2.25. The Labute approximate surface area is 141 Å². The summed E-state index contributed by atoms with van der Waals surface area (Å²) in [5.74, 6) is -1.07. The minimum atomic E-state index is -0.825. The number of nitrogens with zero attached hydrogens (tertiary/aromatic N) is 2. The van der Waals surface area contributed by atoms with Gasteiger partial charge in [-0.25, -0.2) is 4.39 Å². The van der Waals surface area contributed by atoms with Crippen LogP contribution >= 0.6 is 0 Å². The molecule has 2 aromatic carbocycles. The number of aryl methyl sites for hydroxylation is 1. The Morgan fingerprint density at radius 1 is 1.00 bits per heavy atom. The van der Waals surface area contributed by atoms with Gasteiger partial charge >= 0.3 is 5.97 Å². The van der Waals surface area contributed by atoms with Crippen molar-refractivity contribution in [2.24, 2.45) is 0 Å². The number of hydrogen-bond acceptors (Lipinski definition) is 3. The van der Waals surface area contributed by atoms with Gasteiger partial charge in [0.1, 0.15) is 11.9 Å². The fourth-order valence-electron chi connectivity index (χ4n) is 3.15. The van der Waals surface area contributed by atoms with E-state index >= 15 is 0 Å². The second kappa shape index (κ2) is 7.01. The van der Waals surface area contributed by atoms with Crippen LogP contribution in [0.4, 0.5) is 10.1 Å². The third-order valence-electron chi connectivity index (χ3n) is 4.50. The SMILES string of the molecule is Cc1ccc([C@H](C(=O)O)N2CCN(c3ccc(F)cc3)CC2)cc1. The first-order chi connectivity index (χ1) is 11.5. The summed E-state index contributed by atoms with van der Waals surface area (Å²) in [5, 5.41) is 9.66. The van der Waals surface area contributed by atoms with Gasteiger partial charge in [0.05, 0.1) is 0 Å². The van der Waals surface area contributed by atoms with Crippen molar-refractivity contribution in [1.82, 2.24) is 4.90 Å². The highest BCUT2D eigenvalue weighted by Gasteiger charge is 2.30. The average Bonchev–Trinajstić information content (AvgIpc) is 2.58. The molecule has 0 aliphatic carbocycles. The molecule has 1 heterocycles. The number of anilines is 1. The number of carboxylic acids is 1. The standard InChI is InChI=1S/C19H21FN2O2/c1-14-2-4-15(5-3-14)18(19(23)24)22-12-10-21(11-13-22)17-8-6-16(20)7-9-17/h2-9,18H,10-13H2,1H3,(H,23,24)/t18-/m1/s1. The zero-order valence-corrected chi connectivity index (χ0v) is 13.7. The average molecular weight is 328 g/mol. The molecule has 0 unspecified atom stereocenters. The van der Waals surface area contributed by atoms with Crippen LogP contribution in [0.25, 0.3) is 0 Å². The molecule has 0 bridgehead atoms. The van der Waals surface area contributed by atoms with Crippen LogP contribution < -0.4 is 4.90 Å². The van der Waals surface area contributed by atoms with Crippen molar-refractivity contribution < 1.29 is 14.3 Å². The first-order valence-electron chi connectivity index (χ1n) is 8.08. The van der Waals surface area contributed by atoms with E-state index in [-0.39, 0.29) is 5.82 Å². The van der Waals surface area contributed by atoms with E-state index in [1.54, 1.807) is 12.1 Å². The van der Waals surface area contributed by atoms with Gasteiger partial charge in [-0.05, 0) is 36.8 Å². The van der Waals surface area contributed by atoms with E-state index in [0.29, 0.717) is 13.1 Å². The summed E-state index contributed by atoms with van der Waals surface area (Å²) in [4.78, 5) is 15.9. The maximum absolute atomic E-state index is 13.0. The fraction of sp³-hybridized carbons (Fsp3) is 0.316. The van der Waals surface area contributed by atoms with E-state index < -0.39 is 12.0 Å². The Kier molecular flexibility index (Phi) is 4.81. The second-order valence-corrected chi connectivity index (χ2v) is 6.15. The maximum atomic E-state index is 13.0. The van der Waals surface area contributed by atoms with Crippen molar-refractivity contribution in [1.29, 1.82) is 0 Å². The summed E-state index contributed by atoms with van der Waals surface area (Å²) < 4.78 is 13.0. The lowest BCUT2D eigenvalue weighted by atomic mass is 10.0. The topological polar surface area (TPSA) is 43.8 Å². The van der Waals surface area contributed by atoms with Gasteiger partial charge in [0.2, 0.25) is 0 Å². The predicted molar refractivity (Wildman–Crippen MR) is 91.7 cm³/mol. The van der Waals surface area contributed by atoms with Crippen LogP contribution in [0.1, 0.15) is 17.2 Å². The van der Waals surface area contributed by atoms with Gasteiger partial charge in [0.25, 0.3) is 0 Å². The lowest BCUT2D eigenvalue weighted by molar-refractivity contribution is -0.143. The van der Waals surface area contributed by atoms with E-state index in [2.05, 4.69) is 4.90 Å². The summed E-state index contributed by atoms with van der Waals surface area (Å²) >= 11 is 0. The normalized spacial score (nSPS) is 16.8. The van der Waals surface area contributed by atoms with Crippen molar-refractivity contribution in [3.63, 3.8) is 0 Å². The van der Waals surface area contributed by atoms with E-state index in [9.17, 15) is 14.3 Å². The van der Waals surface area contributed by atoms with Crippen molar-refractivity contribution in [2.45, 2.75) is 13.0 Å². The van der Waals surface area contributed by atoms with E-state index in [4.69, 9.17) is 0 Å². The van der Waals surface area contributed by atoms with Gasteiger partial charge in [0.15, 0.2) is 0 Å². The number of halogens is 1. The molecule has 0 radical (unpaired) electrons. The summed E-state index contributed by atoms with van der Waals surface area (Å²) in [6.07, 6.45) is 0. The van der Waals surface area contributed by atoms with E-state index in [1.807, 2.05) is 36.1 Å². The highest BCUT2D eigenvalue weighted by molar-refractivity contribution is 5.75. The largest absolute Gasteiger partial charge is 0.480 e. The summed E-state index contributed by atoms with van der Waals surface area (Å²) in [5.41, 5.74) is 2.89. The van der Waals surface area contributed by atoms with Gasteiger partial charge in [-0.3, -0.25) is 9.69 Å². The molecule has 24 heavy (non-hydrogen) atoms. The van der Waals surface area contributed by atoms with E-state index in [1.165, 1.54) is 12.1 Å². The Morgan fingerprint density at radius 2 is 1.58 bits per heavy atom. The zero-order chi connectivity index (χ0) is 17.1. The molecule has 0 spiro atoms. The molecule has 5 heteroatoms. The number of rotatable bonds is 4. The highest BCUT2D eigenvalue weighted by atomic mass is 19.1. The Morgan fingerprint density at radius 3 is 2.12 bits per heavy atom. The minimum absolute atomic E-state index is 0.248. The van der Waals surface area contributed by atoms with Crippen molar-refractivity contribution in [3.05, 3.63) is 65.5 Å². The maximum Gasteiger partial charge on any atom is 0.325 e. The Bertz CT molecular complexity index is 692. The first kappa shape index (κ1) is 16.5. The van der Waals surface area contributed by atoms with Crippen LogP contribution in [-0.2, 0) is 4.79 Å². The smallest absolute Gasteiger partial charge is 0.325 e. The van der Waals surface area contributed by atoms with Gasteiger partial charge in [0, 0.05) is 31.9 Å². The van der Waals surface area contributed by atoms with Crippen molar-refractivity contribution in [2.75, 3.05) is 31.1 Å². The monoisotopic (exact) mass is 328 g/mol. The lowest BCUT2D eigenvalue weighted by Gasteiger charge is -2.39. The Balaban J connectivity index is 1.70. The van der Waals surface area contributed by atoms with Gasteiger partial charge in [-0.2, -0.15) is 0 Å². The Hall–Kier alpha value is -2.40. The molecule has 1 atom stereocenters. The minimum Gasteiger partial charge on any atom is -0.480 e. The molecule has 3 rings (SSSR count). The van der Waals surface area contributed by atoms with Crippen molar-refractivity contribution >= 4 is 11.7 Å². The molecular weight excluding hydrogens is 307 g/mol. The quantitative estimate of drug-likeness (QED) is 0.937. The number of hydrogen-bond donors (Lipinski definition) is 1. The van der Waals surface area contributed by atoms with Gasteiger partial charge in [-0.1, -0.05) is 29.8 Å². The van der Waals surface area contributed by atoms with Crippen LogP contribution in [0.2, 0.25) is 0 Å². The third-order valence-corrected chi connectivity index (χ3v) is 4.50. The molecule has 0 amide bonds. The molecular formula is C19H21FN2O2. The lowest BCUT2D eigenvalue weighted by Crippen LogP contribution is -2.49.